The average molecular weight is 342 g/mol. The first-order chi connectivity index (χ1) is 11.7. The van der Waals surface area contributed by atoms with Crippen molar-refractivity contribution in [3.63, 3.8) is 0 Å². The summed E-state index contributed by atoms with van der Waals surface area (Å²) in [6.45, 7) is 3.59. The number of halogens is 1. The maximum atomic E-state index is 6.10. The topological polar surface area (TPSA) is 38.6 Å². The lowest BCUT2D eigenvalue weighted by Crippen LogP contribution is -2.21. The lowest BCUT2D eigenvalue weighted by Gasteiger charge is -2.18. The Morgan fingerprint density at radius 2 is 2.25 bits per heavy atom. The highest BCUT2D eigenvalue weighted by atomic mass is 35.5. The normalized spacial score (nSPS) is 17.3. The number of rotatable bonds is 3. The largest absolute Gasteiger partial charge is 0.493 e. The van der Waals surface area contributed by atoms with E-state index in [0.717, 1.165) is 43.1 Å². The van der Waals surface area contributed by atoms with Crippen LogP contribution in [-0.4, -0.2) is 16.0 Å². The van der Waals surface area contributed by atoms with Crippen LogP contribution in [0.3, 0.4) is 0 Å². The van der Waals surface area contributed by atoms with Crippen LogP contribution in [0.1, 0.15) is 35.7 Å². The second-order valence-electron chi connectivity index (χ2n) is 6.29. The van der Waals surface area contributed by atoms with Crippen molar-refractivity contribution in [2.45, 2.75) is 32.4 Å². The van der Waals surface area contributed by atoms with Gasteiger partial charge in [-0.05, 0) is 43.5 Å². The number of nitrogens with zero attached hydrogens (tertiary/aromatic N) is 2. The molecule has 5 heteroatoms. The zero-order valence-corrected chi connectivity index (χ0v) is 14.4. The molecule has 1 aromatic carbocycles. The fourth-order valence-electron chi connectivity index (χ4n) is 3.25. The van der Waals surface area contributed by atoms with Crippen molar-refractivity contribution in [3.05, 3.63) is 64.6 Å². The lowest BCUT2D eigenvalue weighted by molar-refractivity contribution is 0.315. The molecule has 0 unspecified atom stereocenters. The van der Waals surface area contributed by atoms with E-state index in [0.29, 0.717) is 5.02 Å². The molecule has 4 nitrogen and oxygen atoms in total. The molecule has 1 N–H and O–H groups in total. The number of benzene rings is 1. The third kappa shape index (κ3) is 2.99. The summed E-state index contributed by atoms with van der Waals surface area (Å²) >= 11 is 6.10. The number of aromatic nitrogens is 2. The molecule has 0 amide bonds. The van der Waals surface area contributed by atoms with Crippen molar-refractivity contribution in [1.29, 1.82) is 0 Å². The number of hydrogen-bond acceptors (Lipinski definition) is 3. The number of fused-ring (bicyclic) bond motifs is 2. The van der Waals surface area contributed by atoms with Gasteiger partial charge in [-0.3, -0.25) is 0 Å². The maximum absolute atomic E-state index is 6.10. The van der Waals surface area contributed by atoms with Gasteiger partial charge < -0.3 is 14.5 Å². The van der Waals surface area contributed by atoms with Gasteiger partial charge >= 0.3 is 0 Å². The molecular weight excluding hydrogens is 322 g/mol. The second kappa shape index (κ2) is 6.46. The van der Waals surface area contributed by atoms with Crippen LogP contribution in [0.15, 0.2) is 42.7 Å². The predicted molar refractivity (Wildman–Crippen MR) is 95.7 cm³/mol. The van der Waals surface area contributed by atoms with E-state index in [1.807, 2.05) is 18.3 Å². The zero-order valence-electron chi connectivity index (χ0n) is 13.6. The summed E-state index contributed by atoms with van der Waals surface area (Å²) < 4.78 is 7.99. The molecule has 1 aliphatic rings. The summed E-state index contributed by atoms with van der Waals surface area (Å²) in [5.74, 6) is 0.895. The van der Waals surface area contributed by atoms with Crippen LogP contribution >= 0.6 is 11.6 Å². The Bertz CT molecular complexity index is 874. The average Bonchev–Trinajstić information content (AvgIpc) is 2.85. The fraction of sp³-hybridized carbons (Fsp3) is 0.316. The first-order valence-corrected chi connectivity index (χ1v) is 8.67. The van der Waals surface area contributed by atoms with Crippen LogP contribution in [0.25, 0.3) is 5.65 Å². The van der Waals surface area contributed by atoms with E-state index in [4.69, 9.17) is 16.3 Å². The molecule has 4 rings (SSSR count). The number of nitrogens with one attached hydrogen (secondary N) is 1. The molecule has 0 saturated carbocycles. The van der Waals surface area contributed by atoms with Crippen molar-refractivity contribution in [3.8, 4) is 5.75 Å². The van der Waals surface area contributed by atoms with Gasteiger partial charge in [0, 0.05) is 29.4 Å². The van der Waals surface area contributed by atoms with Gasteiger partial charge in [0.05, 0.1) is 18.5 Å². The van der Waals surface area contributed by atoms with E-state index in [-0.39, 0.29) is 6.04 Å². The zero-order chi connectivity index (χ0) is 16.5. The molecule has 0 aliphatic carbocycles. The Hall–Kier alpha value is -2.04. The molecule has 3 heterocycles. The van der Waals surface area contributed by atoms with Crippen molar-refractivity contribution in [2.75, 3.05) is 6.61 Å². The van der Waals surface area contributed by atoms with Gasteiger partial charge in [0.2, 0.25) is 0 Å². The highest BCUT2D eigenvalue weighted by molar-refractivity contribution is 6.30. The monoisotopic (exact) mass is 341 g/mol. The van der Waals surface area contributed by atoms with Crippen LogP contribution in [0, 0.1) is 6.92 Å². The SMILES string of the molecule is Cc1ccc2ncc(CN[C@H]3CCCOc4cc(Cl)ccc43)n2c1. The fourth-order valence-corrected chi connectivity index (χ4v) is 3.42. The molecule has 0 bridgehead atoms. The second-order valence-corrected chi connectivity index (χ2v) is 6.73. The van der Waals surface area contributed by atoms with Crippen molar-refractivity contribution < 1.29 is 4.74 Å². The van der Waals surface area contributed by atoms with Crippen LogP contribution in [-0.2, 0) is 6.54 Å². The number of ether oxygens (including phenoxy) is 1. The number of imidazole rings is 1. The van der Waals surface area contributed by atoms with Crippen molar-refractivity contribution >= 4 is 17.2 Å². The van der Waals surface area contributed by atoms with E-state index >= 15 is 0 Å². The molecule has 0 radical (unpaired) electrons. The summed E-state index contributed by atoms with van der Waals surface area (Å²) in [7, 11) is 0. The molecule has 24 heavy (non-hydrogen) atoms. The summed E-state index contributed by atoms with van der Waals surface area (Å²) in [6, 6.07) is 10.3. The third-order valence-electron chi connectivity index (χ3n) is 4.51. The lowest BCUT2D eigenvalue weighted by atomic mass is 10.0. The Morgan fingerprint density at radius 3 is 3.17 bits per heavy atom. The molecule has 0 fully saturated rings. The number of aryl methyl sites for hydroxylation is 1. The van der Waals surface area contributed by atoms with Crippen LogP contribution < -0.4 is 10.1 Å². The quantitative estimate of drug-likeness (QED) is 0.772. The number of pyridine rings is 1. The van der Waals surface area contributed by atoms with E-state index < -0.39 is 0 Å². The van der Waals surface area contributed by atoms with Gasteiger partial charge in [0.15, 0.2) is 0 Å². The Kier molecular flexibility index (Phi) is 4.17. The number of hydrogen-bond donors (Lipinski definition) is 1. The van der Waals surface area contributed by atoms with Crippen LogP contribution in [0.4, 0.5) is 0 Å². The van der Waals surface area contributed by atoms with Gasteiger partial charge in [0.25, 0.3) is 0 Å². The summed E-state index contributed by atoms with van der Waals surface area (Å²) in [6.07, 6.45) is 6.14. The molecule has 3 aromatic rings. The van der Waals surface area contributed by atoms with Crippen molar-refractivity contribution in [1.82, 2.24) is 14.7 Å². The summed E-state index contributed by atoms with van der Waals surface area (Å²) in [5.41, 5.74) is 4.55. The Morgan fingerprint density at radius 1 is 1.33 bits per heavy atom. The Labute approximate surface area is 146 Å². The molecule has 2 aromatic heterocycles. The molecule has 0 spiro atoms. The van der Waals surface area contributed by atoms with Gasteiger partial charge in [-0.25, -0.2) is 4.98 Å². The van der Waals surface area contributed by atoms with E-state index in [1.165, 1.54) is 11.1 Å². The standard InChI is InChI=1S/C19H20ClN3O/c1-13-4-7-19-22-11-15(23(19)12-13)10-21-17-3-2-8-24-18-9-14(20)5-6-16(17)18/h4-7,9,11-12,17,21H,2-3,8,10H2,1H3/t17-/m0/s1. The van der Waals surface area contributed by atoms with E-state index in [9.17, 15) is 0 Å². The third-order valence-corrected chi connectivity index (χ3v) is 4.74. The maximum Gasteiger partial charge on any atom is 0.136 e. The Balaban J connectivity index is 1.58. The van der Waals surface area contributed by atoms with Gasteiger partial charge in [-0.2, -0.15) is 0 Å². The summed E-state index contributed by atoms with van der Waals surface area (Å²) in [5, 5.41) is 4.38. The highest BCUT2D eigenvalue weighted by Gasteiger charge is 2.20. The smallest absolute Gasteiger partial charge is 0.136 e. The van der Waals surface area contributed by atoms with Crippen LogP contribution in [0.2, 0.25) is 5.02 Å². The van der Waals surface area contributed by atoms with Gasteiger partial charge in [-0.1, -0.05) is 23.7 Å². The van der Waals surface area contributed by atoms with Crippen LogP contribution in [0.5, 0.6) is 5.75 Å². The van der Waals surface area contributed by atoms with E-state index in [1.54, 1.807) is 0 Å². The molecule has 1 atom stereocenters. The molecule has 124 valence electrons. The molecule has 0 saturated heterocycles. The first kappa shape index (κ1) is 15.5. The van der Waals surface area contributed by atoms with Gasteiger partial charge in [-0.15, -0.1) is 0 Å². The minimum absolute atomic E-state index is 0.259. The molecule has 1 aliphatic heterocycles. The van der Waals surface area contributed by atoms with Crippen molar-refractivity contribution in [2.24, 2.45) is 0 Å². The molecular formula is C19H20ClN3O. The minimum atomic E-state index is 0.259. The first-order valence-electron chi connectivity index (χ1n) is 8.29. The predicted octanol–water partition coefficient (Wildman–Crippen LogP) is 4.30. The highest BCUT2D eigenvalue weighted by Crippen LogP contribution is 2.33. The minimum Gasteiger partial charge on any atom is -0.493 e. The van der Waals surface area contributed by atoms with E-state index in [2.05, 4.69) is 46.0 Å². The van der Waals surface area contributed by atoms with Gasteiger partial charge in [0.1, 0.15) is 11.4 Å². The summed E-state index contributed by atoms with van der Waals surface area (Å²) in [4.78, 5) is 4.48.